The number of carboxylic acids is 1. The highest BCUT2D eigenvalue weighted by Gasteiger charge is 2.13. The van der Waals surface area contributed by atoms with Gasteiger partial charge in [0, 0.05) is 17.4 Å². The summed E-state index contributed by atoms with van der Waals surface area (Å²) in [7, 11) is 0. The van der Waals surface area contributed by atoms with E-state index in [0.29, 0.717) is 28.8 Å². The SMILES string of the molecule is O=C(O)c1ccc(OCc2cccc(Cl)c2)c(-c2ncc[nH]2)c1. The molecule has 3 aromatic rings. The Hall–Kier alpha value is -2.79. The lowest BCUT2D eigenvalue weighted by Gasteiger charge is -2.11. The van der Waals surface area contributed by atoms with Crippen molar-refractivity contribution >= 4 is 17.6 Å². The van der Waals surface area contributed by atoms with Crippen LogP contribution in [0.3, 0.4) is 0 Å². The number of imidazole rings is 1. The molecule has 0 unspecified atom stereocenters. The van der Waals surface area contributed by atoms with E-state index < -0.39 is 5.97 Å². The van der Waals surface area contributed by atoms with Gasteiger partial charge in [0.1, 0.15) is 18.2 Å². The van der Waals surface area contributed by atoms with Crippen molar-refractivity contribution in [3.63, 3.8) is 0 Å². The third kappa shape index (κ3) is 3.52. The monoisotopic (exact) mass is 328 g/mol. The molecular formula is C17H13ClN2O3. The van der Waals surface area contributed by atoms with E-state index in [1.165, 1.54) is 12.1 Å². The number of rotatable bonds is 5. The van der Waals surface area contributed by atoms with Gasteiger partial charge >= 0.3 is 5.97 Å². The lowest BCUT2D eigenvalue weighted by molar-refractivity contribution is 0.0697. The summed E-state index contributed by atoms with van der Waals surface area (Å²) in [6.45, 7) is 0.320. The number of H-pyrrole nitrogens is 1. The van der Waals surface area contributed by atoms with Crippen LogP contribution in [0.1, 0.15) is 15.9 Å². The molecule has 116 valence electrons. The van der Waals surface area contributed by atoms with E-state index in [2.05, 4.69) is 9.97 Å². The number of halogens is 1. The van der Waals surface area contributed by atoms with Crippen LogP contribution in [0.25, 0.3) is 11.4 Å². The Morgan fingerprint density at radius 2 is 2.13 bits per heavy atom. The number of aromatic nitrogens is 2. The quantitative estimate of drug-likeness (QED) is 0.742. The van der Waals surface area contributed by atoms with Crippen LogP contribution in [0, 0.1) is 0 Å². The van der Waals surface area contributed by atoms with Crippen molar-refractivity contribution in [3.05, 3.63) is 71.0 Å². The molecule has 1 aromatic heterocycles. The molecule has 2 N–H and O–H groups in total. The normalized spacial score (nSPS) is 10.5. The van der Waals surface area contributed by atoms with Gasteiger partial charge in [-0.25, -0.2) is 9.78 Å². The van der Waals surface area contributed by atoms with Crippen LogP contribution < -0.4 is 4.74 Å². The molecule has 0 aliphatic rings. The van der Waals surface area contributed by atoms with E-state index in [1.807, 2.05) is 18.2 Å². The number of aromatic amines is 1. The van der Waals surface area contributed by atoms with Crippen LogP contribution in [0.5, 0.6) is 5.75 Å². The molecule has 6 heteroatoms. The minimum absolute atomic E-state index is 0.173. The predicted molar refractivity (Wildman–Crippen MR) is 86.8 cm³/mol. The topological polar surface area (TPSA) is 75.2 Å². The van der Waals surface area contributed by atoms with Gasteiger partial charge in [0.25, 0.3) is 0 Å². The fourth-order valence-corrected chi connectivity index (χ4v) is 2.39. The molecule has 5 nitrogen and oxygen atoms in total. The van der Waals surface area contributed by atoms with Gasteiger partial charge in [-0.05, 0) is 35.9 Å². The second-order valence-electron chi connectivity index (χ2n) is 4.87. The molecule has 0 atom stereocenters. The zero-order valence-electron chi connectivity index (χ0n) is 12.0. The first-order valence-corrected chi connectivity index (χ1v) is 7.25. The van der Waals surface area contributed by atoms with Gasteiger partial charge in [0.15, 0.2) is 0 Å². The van der Waals surface area contributed by atoms with Crippen molar-refractivity contribution in [2.24, 2.45) is 0 Å². The minimum atomic E-state index is -1.00. The molecule has 1 heterocycles. The third-order valence-corrected chi connectivity index (χ3v) is 3.50. The summed E-state index contributed by atoms with van der Waals surface area (Å²) < 4.78 is 5.83. The van der Waals surface area contributed by atoms with Gasteiger partial charge in [0.05, 0.1) is 11.1 Å². The van der Waals surface area contributed by atoms with Crippen molar-refractivity contribution in [3.8, 4) is 17.1 Å². The van der Waals surface area contributed by atoms with E-state index in [1.54, 1.807) is 24.5 Å². The first kappa shape index (κ1) is 15.1. The second kappa shape index (κ2) is 6.54. The molecule has 0 aliphatic heterocycles. The van der Waals surface area contributed by atoms with Crippen LogP contribution in [-0.4, -0.2) is 21.0 Å². The second-order valence-corrected chi connectivity index (χ2v) is 5.31. The number of nitrogens with one attached hydrogen (secondary N) is 1. The molecule has 0 spiro atoms. The van der Waals surface area contributed by atoms with E-state index in [0.717, 1.165) is 5.56 Å². The summed E-state index contributed by atoms with van der Waals surface area (Å²) in [4.78, 5) is 18.3. The molecule has 3 rings (SSSR count). The maximum atomic E-state index is 11.2. The first-order chi connectivity index (χ1) is 11.1. The van der Waals surface area contributed by atoms with Crippen LogP contribution >= 0.6 is 11.6 Å². The van der Waals surface area contributed by atoms with E-state index in [9.17, 15) is 4.79 Å². The number of ether oxygens (including phenoxy) is 1. The average Bonchev–Trinajstić information content (AvgIpc) is 3.07. The predicted octanol–water partition coefficient (Wildman–Crippen LogP) is 4.01. The zero-order valence-corrected chi connectivity index (χ0v) is 12.7. The average molecular weight is 329 g/mol. The summed E-state index contributed by atoms with van der Waals surface area (Å²) >= 11 is 5.96. The molecular weight excluding hydrogens is 316 g/mol. The first-order valence-electron chi connectivity index (χ1n) is 6.88. The number of benzene rings is 2. The number of carboxylic acid groups (broad SMARTS) is 1. The largest absolute Gasteiger partial charge is 0.488 e. The molecule has 0 aliphatic carbocycles. The molecule has 2 aromatic carbocycles. The number of hydrogen-bond acceptors (Lipinski definition) is 3. The molecule has 0 fully saturated rings. The summed E-state index contributed by atoms with van der Waals surface area (Å²) in [5, 5.41) is 9.79. The number of aromatic carboxylic acids is 1. The smallest absolute Gasteiger partial charge is 0.335 e. The lowest BCUT2D eigenvalue weighted by atomic mass is 10.1. The van der Waals surface area contributed by atoms with Gasteiger partial charge in [0.2, 0.25) is 0 Å². The van der Waals surface area contributed by atoms with Crippen LogP contribution in [-0.2, 0) is 6.61 Å². The summed E-state index contributed by atoms with van der Waals surface area (Å²) in [5.41, 5.74) is 1.69. The van der Waals surface area contributed by atoms with Gasteiger partial charge in [-0.3, -0.25) is 0 Å². The Kier molecular flexibility index (Phi) is 4.30. The maximum Gasteiger partial charge on any atom is 0.335 e. The van der Waals surface area contributed by atoms with E-state index in [4.69, 9.17) is 21.4 Å². The summed E-state index contributed by atoms with van der Waals surface area (Å²) in [5.74, 6) is 0.0957. The molecule has 0 saturated heterocycles. The van der Waals surface area contributed by atoms with Crippen molar-refractivity contribution in [2.75, 3.05) is 0 Å². The Balaban J connectivity index is 1.90. The van der Waals surface area contributed by atoms with Gasteiger partial charge < -0.3 is 14.8 Å². The maximum absolute atomic E-state index is 11.2. The van der Waals surface area contributed by atoms with Crippen LogP contribution in [0.2, 0.25) is 5.02 Å². The Bertz CT molecular complexity index is 832. The summed E-state index contributed by atoms with van der Waals surface area (Å²) in [6.07, 6.45) is 3.27. The Morgan fingerprint density at radius 3 is 2.83 bits per heavy atom. The molecule has 0 bridgehead atoms. The van der Waals surface area contributed by atoms with Gasteiger partial charge in [-0.1, -0.05) is 23.7 Å². The highest BCUT2D eigenvalue weighted by Crippen LogP contribution is 2.29. The van der Waals surface area contributed by atoms with Crippen molar-refractivity contribution in [2.45, 2.75) is 6.61 Å². The van der Waals surface area contributed by atoms with Crippen LogP contribution in [0.4, 0.5) is 0 Å². The third-order valence-electron chi connectivity index (χ3n) is 3.26. The highest BCUT2D eigenvalue weighted by atomic mass is 35.5. The van der Waals surface area contributed by atoms with Crippen molar-refractivity contribution in [1.29, 1.82) is 0 Å². The highest BCUT2D eigenvalue weighted by molar-refractivity contribution is 6.30. The van der Waals surface area contributed by atoms with E-state index >= 15 is 0 Å². The fraction of sp³-hybridized carbons (Fsp3) is 0.0588. The number of nitrogens with zero attached hydrogens (tertiary/aromatic N) is 1. The summed E-state index contributed by atoms with van der Waals surface area (Å²) in [6, 6.07) is 12.0. The number of carbonyl (C=O) groups is 1. The van der Waals surface area contributed by atoms with Crippen molar-refractivity contribution in [1.82, 2.24) is 9.97 Å². The Morgan fingerprint density at radius 1 is 1.26 bits per heavy atom. The lowest BCUT2D eigenvalue weighted by Crippen LogP contribution is -2.01. The zero-order chi connectivity index (χ0) is 16.2. The van der Waals surface area contributed by atoms with Gasteiger partial charge in [-0.2, -0.15) is 0 Å². The van der Waals surface area contributed by atoms with E-state index in [-0.39, 0.29) is 5.56 Å². The standard InChI is InChI=1S/C17H13ClN2O3/c18-13-3-1-2-11(8-13)10-23-15-5-4-12(17(21)22)9-14(15)16-19-6-7-20-16/h1-9H,10H2,(H,19,20)(H,21,22). The molecule has 0 amide bonds. The van der Waals surface area contributed by atoms with Crippen LogP contribution in [0.15, 0.2) is 54.9 Å². The number of hydrogen-bond donors (Lipinski definition) is 2. The Labute approximate surface area is 137 Å². The molecule has 23 heavy (non-hydrogen) atoms. The minimum Gasteiger partial charge on any atom is -0.488 e. The molecule has 0 radical (unpaired) electrons. The molecule has 0 saturated carbocycles. The fourth-order valence-electron chi connectivity index (χ4n) is 2.17. The van der Waals surface area contributed by atoms with Gasteiger partial charge in [-0.15, -0.1) is 0 Å². The van der Waals surface area contributed by atoms with Crippen molar-refractivity contribution < 1.29 is 14.6 Å².